The first-order chi connectivity index (χ1) is 8.66. The molecule has 1 N–H and O–H groups in total. The quantitative estimate of drug-likeness (QED) is 0.447. The molecule has 0 bridgehead atoms. The Morgan fingerprint density at radius 3 is 1.89 bits per heavy atom. The van der Waals surface area contributed by atoms with Gasteiger partial charge in [0, 0.05) is 6.42 Å². The number of carboxylic acids is 1. The van der Waals surface area contributed by atoms with Gasteiger partial charge in [-0.2, -0.15) is 0 Å². The van der Waals surface area contributed by atoms with Gasteiger partial charge in [-0.25, -0.2) is 0 Å². The van der Waals surface area contributed by atoms with Crippen LogP contribution in [0, 0.1) is 5.92 Å². The molecule has 0 spiro atoms. The van der Waals surface area contributed by atoms with E-state index >= 15 is 0 Å². The van der Waals surface area contributed by atoms with E-state index in [1.54, 1.807) is 0 Å². The van der Waals surface area contributed by atoms with Crippen molar-refractivity contribution in [2.45, 2.75) is 90.9 Å². The Morgan fingerprint density at radius 1 is 0.889 bits per heavy atom. The largest absolute Gasteiger partial charge is 0.481 e. The number of hydrogen-bond acceptors (Lipinski definition) is 1. The maximum atomic E-state index is 10.4. The fourth-order valence-corrected chi connectivity index (χ4v) is 2.32. The summed E-state index contributed by atoms with van der Waals surface area (Å²) in [5.41, 5.74) is 0. The Hall–Kier alpha value is -0.530. The highest BCUT2D eigenvalue weighted by molar-refractivity contribution is 5.66. The smallest absolute Gasteiger partial charge is 0.303 e. The van der Waals surface area contributed by atoms with Crippen LogP contribution in [0.4, 0.5) is 0 Å². The highest BCUT2D eigenvalue weighted by atomic mass is 16.4. The van der Waals surface area contributed by atoms with Crippen molar-refractivity contribution in [2.24, 2.45) is 5.92 Å². The van der Waals surface area contributed by atoms with Crippen LogP contribution in [-0.2, 0) is 4.79 Å². The van der Waals surface area contributed by atoms with Crippen molar-refractivity contribution in [3.8, 4) is 0 Å². The zero-order valence-electron chi connectivity index (χ0n) is 12.4. The highest BCUT2D eigenvalue weighted by Crippen LogP contribution is 2.16. The summed E-state index contributed by atoms with van der Waals surface area (Å²) in [5, 5.41) is 8.59. The fourth-order valence-electron chi connectivity index (χ4n) is 2.32. The number of rotatable bonds is 13. The second kappa shape index (κ2) is 12.9. The monoisotopic (exact) mass is 256 g/mol. The first-order valence-corrected chi connectivity index (χ1v) is 7.88. The summed E-state index contributed by atoms with van der Waals surface area (Å²) in [6.45, 7) is 4.43. The summed E-state index contributed by atoms with van der Waals surface area (Å²) < 4.78 is 0. The van der Waals surface area contributed by atoms with Crippen molar-refractivity contribution in [3.05, 3.63) is 0 Å². The Balaban J connectivity index is 3.12. The van der Waals surface area contributed by atoms with Crippen LogP contribution in [0.3, 0.4) is 0 Å². The van der Waals surface area contributed by atoms with E-state index in [9.17, 15) is 4.79 Å². The van der Waals surface area contributed by atoms with Gasteiger partial charge in [0.25, 0.3) is 0 Å². The minimum Gasteiger partial charge on any atom is -0.481 e. The molecule has 0 rings (SSSR count). The van der Waals surface area contributed by atoms with Crippen LogP contribution in [-0.4, -0.2) is 11.1 Å². The minimum absolute atomic E-state index is 0.332. The summed E-state index contributed by atoms with van der Waals surface area (Å²) in [5.74, 6) is -0.0837. The molecule has 18 heavy (non-hydrogen) atoms. The van der Waals surface area contributed by atoms with Gasteiger partial charge in [0.1, 0.15) is 0 Å². The van der Waals surface area contributed by atoms with Crippen LogP contribution in [0.1, 0.15) is 90.9 Å². The molecule has 0 aliphatic heterocycles. The molecule has 0 heterocycles. The van der Waals surface area contributed by atoms with Gasteiger partial charge in [0.15, 0.2) is 0 Å². The molecule has 0 fully saturated rings. The number of aliphatic carboxylic acids is 1. The average Bonchev–Trinajstić information content (AvgIpc) is 2.34. The molecular weight excluding hydrogens is 224 g/mol. The van der Waals surface area contributed by atoms with E-state index in [0.29, 0.717) is 12.3 Å². The Bertz CT molecular complexity index is 190. The Labute approximate surface area is 113 Å². The van der Waals surface area contributed by atoms with E-state index in [1.807, 2.05) is 0 Å². The Morgan fingerprint density at radius 2 is 1.39 bits per heavy atom. The van der Waals surface area contributed by atoms with E-state index in [-0.39, 0.29) is 0 Å². The first kappa shape index (κ1) is 17.5. The summed E-state index contributed by atoms with van der Waals surface area (Å²) >= 11 is 0. The molecule has 0 aromatic carbocycles. The summed E-state index contributed by atoms with van der Waals surface area (Å²) in [6, 6.07) is 0. The van der Waals surface area contributed by atoms with Gasteiger partial charge in [0.05, 0.1) is 0 Å². The lowest BCUT2D eigenvalue weighted by Gasteiger charge is -2.09. The first-order valence-electron chi connectivity index (χ1n) is 7.88. The fraction of sp³-hybridized carbons (Fsp3) is 0.938. The number of carboxylic acid groups (broad SMARTS) is 1. The Kier molecular flexibility index (Phi) is 12.5. The third-order valence-corrected chi connectivity index (χ3v) is 3.65. The normalized spacial score (nSPS) is 12.6. The van der Waals surface area contributed by atoms with E-state index in [0.717, 1.165) is 6.42 Å². The summed E-state index contributed by atoms with van der Waals surface area (Å²) in [6.07, 6.45) is 14.6. The van der Waals surface area contributed by atoms with Crippen molar-refractivity contribution in [2.75, 3.05) is 0 Å². The molecule has 0 radical (unpaired) electrons. The van der Waals surface area contributed by atoms with Gasteiger partial charge in [-0.1, -0.05) is 78.1 Å². The summed E-state index contributed by atoms with van der Waals surface area (Å²) in [4.78, 5) is 10.4. The van der Waals surface area contributed by atoms with Crippen LogP contribution in [0.25, 0.3) is 0 Å². The van der Waals surface area contributed by atoms with Gasteiger partial charge in [-0.05, 0) is 12.3 Å². The molecule has 0 aliphatic rings. The lowest BCUT2D eigenvalue weighted by atomic mass is 9.97. The molecule has 0 saturated heterocycles. The van der Waals surface area contributed by atoms with E-state index in [2.05, 4.69) is 13.8 Å². The molecule has 0 aromatic heterocycles. The molecule has 108 valence electrons. The SMILES string of the molecule is CCCCCCCCCCCC(C)CCC(=O)O. The zero-order valence-corrected chi connectivity index (χ0v) is 12.4. The second-order valence-electron chi connectivity index (χ2n) is 5.65. The topological polar surface area (TPSA) is 37.3 Å². The van der Waals surface area contributed by atoms with Crippen molar-refractivity contribution in [3.63, 3.8) is 0 Å². The zero-order chi connectivity index (χ0) is 13.6. The van der Waals surface area contributed by atoms with Crippen LogP contribution in [0.15, 0.2) is 0 Å². The van der Waals surface area contributed by atoms with Crippen LogP contribution >= 0.6 is 0 Å². The third kappa shape index (κ3) is 13.5. The number of unbranched alkanes of at least 4 members (excludes halogenated alkanes) is 8. The van der Waals surface area contributed by atoms with Gasteiger partial charge >= 0.3 is 5.97 Å². The number of hydrogen-bond donors (Lipinski definition) is 1. The maximum absolute atomic E-state index is 10.4. The van der Waals surface area contributed by atoms with Crippen molar-refractivity contribution in [1.82, 2.24) is 0 Å². The molecule has 1 unspecified atom stereocenters. The minimum atomic E-state index is -0.658. The molecule has 0 amide bonds. The average molecular weight is 256 g/mol. The second-order valence-corrected chi connectivity index (χ2v) is 5.65. The molecule has 0 saturated carbocycles. The number of carbonyl (C=O) groups is 1. The highest BCUT2D eigenvalue weighted by Gasteiger charge is 2.04. The predicted molar refractivity (Wildman–Crippen MR) is 77.9 cm³/mol. The predicted octanol–water partition coefficient (Wildman–Crippen LogP) is 5.41. The maximum Gasteiger partial charge on any atom is 0.303 e. The third-order valence-electron chi connectivity index (χ3n) is 3.65. The standard InChI is InChI=1S/C16H32O2/c1-3-4-5-6-7-8-9-10-11-12-15(2)13-14-16(17)18/h15H,3-14H2,1-2H3,(H,17,18). The van der Waals surface area contributed by atoms with Crippen molar-refractivity contribution in [1.29, 1.82) is 0 Å². The molecule has 2 heteroatoms. The van der Waals surface area contributed by atoms with Gasteiger partial charge in [-0.3, -0.25) is 4.79 Å². The van der Waals surface area contributed by atoms with E-state index in [1.165, 1.54) is 64.2 Å². The van der Waals surface area contributed by atoms with Gasteiger partial charge in [0.2, 0.25) is 0 Å². The lowest BCUT2D eigenvalue weighted by Crippen LogP contribution is -2.01. The molecule has 1 atom stereocenters. The molecular formula is C16H32O2. The van der Waals surface area contributed by atoms with E-state index in [4.69, 9.17) is 5.11 Å². The van der Waals surface area contributed by atoms with Crippen molar-refractivity contribution >= 4 is 5.97 Å². The van der Waals surface area contributed by atoms with Gasteiger partial charge in [-0.15, -0.1) is 0 Å². The molecule has 0 aromatic rings. The lowest BCUT2D eigenvalue weighted by molar-refractivity contribution is -0.137. The van der Waals surface area contributed by atoms with Crippen molar-refractivity contribution < 1.29 is 9.90 Å². The van der Waals surface area contributed by atoms with E-state index < -0.39 is 5.97 Å². The van der Waals surface area contributed by atoms with Crippen LogP contribution in [0.2, 0.25) is 0 Å². The summed E-state index contributed by atoms with van der Waals surface area (Å²) in [7, 11) is 0. The van der Waals surface area contributed by atoms with Gasteiger partial charge < -0.3 is 5.11 Å². The molecule has 2 nitrogen and oxygen atoms in total. The van der Waals surface area contributed by atoms with Crippen LogP contribution in [0.5, 0.6) is 0 Å². The molecule has 0 aliphatic carbocycles. The van der Waals surface area contributed by atoms with Crippen LogP contribution < -0.4 is 0 Å².